The van der Waals surface area contributed by atoms with Crippen LogP contribution < -0.4 is 0 Å². The molecule has 1 heterocycles. The fourth-order valence-corrected chi connectivity index (χ4v) is 0.548. The van der Waals surface area contributed by atoms with Crippen molar-refractivity contribution in [2.75, 3.05) is 0 Å². The average molecular weight is 138 g/mol. The summed E-state index contributed by atoms with van der Waals surface area (Å²) < 4.78 is 10.4. The minimum atomic E-state index is -0.188. The van der Waals surface area contributed by atoms with Crippen LogP contribution in [0.3, 0.4) is 0 Å². The monoisotopic (exact) mass is 138 g/mol. The van der Waals surface area contributed by atoms with E-state index in [-0.39, 0.29) is 19.6 Å². The highest BCUT2D eigenvalue weighted by Gasteiger charge is 2.44. The molecule has 1 rings (SSSR count). The first-order valence-corrected chi connectivity index (χ1v) is 3.13. The largest absolute Gasteiger partial charge is 0.488 e. The molecular formula is C6H12B2O2. The molecule has 0 amide bonds. The highest BCUT2D eigenvalue weighted by molar-refractivity contribution is 6.19. The maximum atomic E-state index is 5.21. The first kappa shape index (κ1) is 10.0. The standard InChI is InChI=1S/C6H12BO2.B/c1-5(2)6(3,4)9-7-8-5;/h1-4H3;. The zero-order valence-corrected chi connectivity index (χ0v) is 6.97. The molecule has 1 fully saturated rings. The van der Waals surface area contributed by atoms with Crippen LogP contribution in [0.2, 0.25) is 0 Å². The van der Waals surface area contributed by atoms with Gasteiger partial charge in [0.1, 0.15) is 0 Å². The maximum absolute atomic E-state index is 5.21. The molecule has 0 atom stereocenters. The Bertz CT molecular complexity index is 109. The zero-order valence-electron chi connectivity index (χ0n) is 6.97. The first-order chi connectivity index (χ1) is 3.96. The first-order valence-electron chi connectivity index (χ1n) is 3.13. The van der Waals surface area contributed by atoms with Crippen molar-refractivity contribution in [2.24, 2.45) is 0 Å². The van der Waals surface area contributed by atoms with E-state index in [9.17, 15) is 0 Å². The average Bonchev–Trinajstić information content (AvgIpc) is 1.81. The lowest BCUT2D eigenvalue weighted by Crippen LogP contribution is -2.41. The summed E-state index contributed by atoms with van der Waals surface area (Å²) >= 11 is 0. The van der Waals surface area contributed by atoms with Gasteiger partial charge in [-0.25, -0.2) is 0 Å². The molecule has 1 aliphatic heterocycles. The van der Waals surface area contributed by atoms with Crippen molar-refractivity contribution < 1.29 is 9.31 Å². The summed E-state index contributed by atoms with van der Waals surface area (Å²) in [4.78, 5) is 0. The molecule has 0 aliphatic carbocycles. The van der Waals surface area contributed by atoms with Crippen molar-refractivity contribution >= 4 is 16.1 Å². The fraction of sp³-hybridized carbons (Fsp3) is 1.00. The summed E-state index contributed by atoms with van der Waals surface area (Å²) in [6.45, 7) is 8.04. The molecule has 0 unspecified atom stereocenters. The van der Waals surface area contributed by atoms with Crippen LogP contribution >= 0.6 is 0 Å². The lowest BCUT2D eigenvalue weighted by atomic mass is 9.90. The SMILES string of the molecule is CC1(C)O[B]OC1(C)C.[B]. The van der Waals surface area contributed by atoms with Crippen LogP contribution in [-0.4, -0.2) is 27.3 Å². The molecule has 0 aromatic heterocycles. The highest BCUT2D eigenvalue weighted by Crippen LogP contribution is 2.33. The third-order valence-electron chi connectivity index (χ3n) is 2.14. The number of hydrogen-bond acceptors (Lipinski definition) is 2. The van der Waals surface area contributed by atoms with Gasteiger partial charge in [-0.15, -0.1) is 0 Å². The molecule has 4 heteroatoms. The molecule has 0 N–H and O–H groups in total. The van der Waals surface area contributed by atoms with Gasteiger partial charge in [-0.05, 0) is 27.7 Å². The van der Waals surface area contributed by atoms with Crippen LogP contribution in [0, 0.1) is 0 Å². The second kappa shape index (κ2) is 2.59. The number of rotatable bonds is 0. The Labute approximate surface area is 65.2 Å². The molecule has 0 aromatic carbocycles. The third-order valence-corrected chi connectivity index (χ3v) is 2.14. The van der Waals surface area contributed by atoms with Gasteiger partial charge >= 0.3 is 7.69 Å². The predicted molar refractivity (Wildman–Crippen MR) is 41.8 cm³/mol. The van der Waals surface area contributed by atoms with E-state index in [1.54, 1.807) is 0 Å². The maximum Gasteiger partial charge on any atom is 0.488 e. The minimum absolute atomic E-state index is 0. The van der Waals surface area contributed by atoms with Crippen molar-refractivity contribution in [1.82, 2.24) is 0 Å². The summed E-state index contributed by atoms with van der Waals surface area (Å²) in [5, 5.41) is 0. The Hall–Kier alpha value is 0.0499. The van der Waals surface area contributed by atoms with Crippen molar-refractivity contribution in [2.45, 2.75) is 38.9 Å². The van der Waals surface area contributed by atoms with Crippen molar-refractivity contribution in [3.05, 3.63) is 0 Å². The second-order valence-corrected chi connectivity index (χ2v) is 3.35. The highest BCUT2D eigenvalue weighted by atomic mass is 16.7. The van der Waals surface area contributed by atoms with Gasteiger partial charge in [-0.2, -0.15) is 0 Å². The van der Waals surface area contributed by atoms with E-state index in [0.29, 0.717) is 0 Å². The molecule has 0 aromatic rings. The quantitative estimate of drug-likeness (QED) is 0.459. The minimum Gasteiger partial charge on any atom is -0.405 e. The Morgan fingerprint density at radius 1 is 0.900 bits per heavy atom. The molecule has 2 nitrogen and oxygen atoms in total. The van der Waals surface area contributed by atoms with Crippen LogP contribution in [0.25, 0.3) is 0 Å². The molecule has 1 saturated heterocycles. The summed E-state index contributed by atoms with van der Waals surface area (Å²) in [6.07, 6.45) is 0. The van der Waals surface area contributed by atoms with Gasteiger partial charge in [-0.3, -0.25) is 0 Å². The van der Waals surface area contributed by atoms with E-state index in [1.165, 1.54) is 7.69 Å². The topological polar surface area (TPSA) is 18.5 Å². The molecule has 54 valence electrons. The Morgan fingerprint density at radius 3 is 1.30 bits per heavy atom. The molecule has 0 spiro atoms. The van der Waals surface area contributed by atoms with Gasteiger partial charge in [0.05, 0.1) is 11.2 Å². The summed E-state index contributed by atoms with van der Waals surface area (Å²) in [5.41, 5.74) is -0.375. The van der Waals surface area contributed by atoms with Gasteiger partial charge in [-0.1, -0.05) is 0 Å². The van der Waals surface area contributed by atoms with Crippen LogP contribution in [0.4, 0.5) is 0 Å². The van der Waals surface area contributed by atoms with Crippen LogP contribution in [0.15, 0.2) is 0 Å². The number of hydrogen-bond donors (Lipinski definition) is 0. The summed E-state index contributed by atoms with van der Waals surface area (Å²) in [7, 11) is 1.42. The van der Waals surface area contributed by atoms with E-state index in [2.05, 4.69) is 0 Å². The van der Waals surface area contributed by atoms with Crippen molar-refractivity contribution in [3.63, 3.8) is 0 Å². The summed E-state index contributed by atoms with van der Waals surface area (Å²) in [6, 6.07) is 0. The fourth-order valence-electron chi connectivity index (χ4n) is 0.548. The van der Waals surface area contributed by atoms with Gasteiger partial charge in [0.15, 0.2) is 0 Å². The van der Waals surface area contributed by atoms with E-state index < -0.39 is 0 Å². The van der Waals surface area contributed by atoms with E-state index in [1.807, 2.05) is 27.7 Å². The van der Waals surface area contributed by atoms with Gasteiger partial charge in [0, 0.05) is 8.41 Å². The van der Waals surface area contributed by atoms with Crippen LogP contribution in [0.5, 0.6) is 0 Å². The van der Waals surface area contributed by atoms with E-state index in [0.717, 1.165) is 0 Å². The normalized spacial score (nSPS) is 26.8. The zero-order chi connectivity index (χ0) is 7.12. The Kier molecular flexibility index (Phi) is 2.60. The van der Waals surface area contributed by atoms with Crippen molar-refractivity contribution in [1.29, 1.82) is 0 Å². The molecule has 4 radical (unpaired) electrons. The molecule has 10 heavy (non-hydrogen) atoms. The predicted octanol–water partition coefficient (Wildman–Crippen LogP) is 0.744. The smallest absolute Gasteiger partial charge is 0.405 e. The van der Waals surface area contributed by atoms with Crippen LogP contribution in [0.1, 0.15) is 27.7 Å². The molecular weight excluding hydrogens is 126 g/mol. The third kappa shape index (κ3) is 1.38. The summed E-state index contributed by atoms with van der Waals surface area (Å²) in [5.74, 6) is 0. The van der Waals surface area contributed by atoms with Crippen molar-refractivity contribution in [3.8, 4) is 0 Å². The molecule has 1 aliphatic rings. The second-order valence-electron chi connectivity index (χ2n) is 3.35. The molecule has 0 saturated carbocycles. The van der Waals surface area contributed by atoms with Gasteiger partial charge in [0.2, 0.25) is 0 Å². The lowest BCUT2D eigenvalue weighted by molar-refractivity contribution is 0.00578. The molecule has 0 bridgehead atoms. The Balaban J connectivity index is 0.000000810. The Morgan fingerprint density at radius 2 is 1.20 bits per heavy atom. The van der Waals surface area contributed by atoms with Gasteiger partial charge < -0.3 is 9.31 Å². The van der Waals surface area contributed by atoms with E-state index >= 15 is 0 Å². The van der Waals surface area contributed by atoms with Crippen LogP contribution in [-0.2, 0) is 9.31 Å². The van der Waals surface area contributed by atoms with Gasteiger partial charge in [0.25, 0.3) is 0 Å². The van der Waals surface area contributed by atoms with E-state index in [4.69, 9.17) is 9.31 Å². The lowest BCUT2D eigenvalue weighted by Gasteiger charge is -2.32.